The van der Waals surface area contributed by atoms with Crippen LogP contribution in [0, 0.1) is 0 Å². The lowest BCUT2D eigenvalue weighted by molar-refractivity contribution is 0.184. The molecule has 2 rings (SSSR count). The third-order valence-electron chi connectivity index (χ3n) is 4.01. The molecule has 0 radical (unpaired) electrons. The Bertz CT molecular complexity index is 522. The molecule has 112 valence electrons. The Hall–Kier alpha value is -1.74. The van der Waals surface area contributed by atoms with Gasteiger partial charge in [0.1, 0.15) is 0 Å². The molecule has 0 amide bonds. The van der Waals surface area contributed by atoms with E-state index in [0.29, 0.717) is 6.04 Å². The smallest absolute Gasteiger partial charge is 0.0544 e. The summed E-state index contributed by atoms with van der Waals surface area (Å²) in [5, 5.41) is 0. The van der Waals surface area contributed by atoms with Gasteiger partial charge in [0.15, 0.2) is 0 Å². The Morgan fingerprint density at radius 3 is 2.33 bits per heavy atom. The SMILES string of the molecule is CCc1ccc(CN(Cc2ccncc2)C(C)CC)nc1. The molecular weight excluding hydrogens is 258 g/mol. The summed E-state index contributed by atoms with van der Waals surface area (Å²) >= 11 is 0. The lowest BCUT2D eigenvalue weighted by atomic mass is 10.1. The molecule has 0 aliphatic rings. The third-order valence-corrected chi connectivity index (χ3v) is 4.01. The first-order chi connectivity index (χ1) is 10.2. The fraction of sp³-hybridized carbons (Fsp3) is 0.444. The van der Waals surface area contributed by atoms with Crippen LogP contribution in [-0.4, -0.2) is 20.9 Å². The standard InChI is InChI=1S/C18H25N3/c1-4-15(3)21(13-17-8-10-19-11-9-17)14-18-7-6-16(5-2)12-20-18/h6-12,15H,4-5,13-14H2,1-3H3. The van der Waals surface area contributed by atoms with Crippen LogP contribution in [0.5, 0.6) is 0 Å². The maximum Gasteiger partial charge on any atom is 0.0544 e. The summed E-state index contributed by atoms with van der Waals surface area (Å²) < 4.78 is 0. The van der Waals surface area contributed by atoms with E-state index < -0.39 is 0 Å². The van der Waals surface area contributed by atoms with Crippen molar-refractivity contribution in [2.75, 3.05) is 0 Å². The molecule has 0 bridgehead atoms. The molecule has 2 heterocycles. The van der Waals surface area contributed by atoms with Crippen molar-refractivity contribution in [3.8, 4) is 0 Å². The van der Waals surface area contributed by atoms with Crippen LogP contribution < -0.4 is 0 Å². The van der Waals surface area contributed by atoms with Crippen molar-refractivity contribution in [3.05, 3.63) is 59.7 Å². The highest BCUT2D eigenvalue weighted by molar-refractivity contribution is 5.15. The number of aryl methyl sites for hydroxylation is 1. The first-order valence-corrected chi connectivity index (χ1v) is 7.79. The second kappa shape index (κ2) is 7.89. The van der Waals surface area contributed by atoms with Gasteiger partial charge in [0.2, 0.25) is 0 Å². The van der Waals surface area contributed by atoms with E-state index in [1.54, 1.807) is 0 Å². The van der Waals surface area contributed by atoms with Crippen LogP contribution in [-0.2, 0) is 19.5 Å². The number of aromatic nitrogens is 2. The van der Waals surface area contributed by atoms with Crippen molar-refractivity contribution in [2.24, 2.45) is 0 Å². The summed E-state index contributed by atoms with van der Waals surface area (Å²) in [6.07, 6.45) is 7.89. The second-order valence-corrected chi connectivity index (χ2v) is 5.53. The molecule has 2 aromatic rings. The summed E-state index contributed by atoms with van der Waals surface area (Å²) in [4.78, 5) is 11.2. The summed E-state index contributed by atoms with van der Waals surface area (Å²) in [6.45, 7) is 8.50. The zero-order valence-electron chi connectivity index (χ0n) is 13.3. The zero-order valence-corrected chi connectivity index (χ0v) is 13.3. The van der Waals surface area contributed by atoms with Crippen molar-refractivity contribution < 1.29 is 0 Å². The molecule has 0 fully saturated rings. The molecule has 1 unspecified atom stereocenters. The van der Waals surface area contributed by atoms with E-state index in [4.69, 9.17) is 0 Å². The van der Waals surface area contributed by atoms with E-state index in [2.05, 4.69) is 59.9 Å². The van der Waals surface area contributed by atoms with Gasteiger partial charge in [-0.05, 0) is 49.1 Å². The van der Waals surface area contributed by atoms with Crippen LogP contribution in [0.1, 0.15) is 44.0 Å². The summed E-state index contributed by atoms with van der Waals surface area (Å²) in [5.41, 5.74) is 3.74. The van der Waals surface area contributed by atoms with Gasteiger partial charge in [0, 0.05) is 37.7 Å². The van der Waals surface area contributed by atoms with Crippen molar-refractivity contribution in [3.63, 3.8) is 0 Å². The maximum absolute atomic E-state index is 4.59. The average molecular weight is 283 g/mol. The summed E-state index contributed by atoms with van der Waals surface area (Å²) in [6, 6.07) is 9.04. The van der Waals surface area contributed by atoms with E-state index in [9.17, 15) is 0 Å². The van der Waals surface area contributed by atoms with Crippen LogP contribution in [0.2, 0.25) is 0 Å². The quantitative estimate of drug-likeness (QED) is 0.773. The van der Waals surface area contributed by atoms with Gasteiger partial charge in [0.05, 0.1) is 5.69 Å². The van der Waals surface area contributed by atoms with Crippen LogP contribution in [0.4, 0.5) is 0 Å². The highest BCUT2D eigenvalue weighted by Crippen LogP contribution is 2.14. The predicted molar refractivity (Wildman–Crippen MR) is 86.9 cm³/mol. The molecule has 0 saturated carbocycles. The largest absolute Gasteiger partial charge is 0.291 e. The number of rotatable bonds is 7. The van der Waals surface area contributed by atoms with Crippen molar-refractivity contribution >= 4 is 0 Å². The first kappa shape index (κ1) is 15.6. The normalized spacial score (nSPS) is 12.6. The van der Waals surface area contributed by atoms with Crippen LogP contribution >= 0.6 is 0 Å². The van der Waals surface area contributed by atoms with E-state index in [0.717, 1.165) is 31.6 Å². The van der Waals surface area contributed by atoms with Gasteiger partial charge in [0.25, 0.3) is 0 Å². The van der Waals surface area contributed by atoms with Crippen molar-refractivity contribution in [2.45, 2.75) is 52.7 Å². The third kappa shape index (κ3) is 4.64. The Labute approximate surface area is 128 Å². The van der Waals surface area contributed by atoms with Gasteiger partial charge >= 0.3 is 0 Å². The molecule has 21 heavy (non-hydrogen) atoms. The van der Waals surface area contributed by atoms with Crippen molar-refractivity contribution in [1.82, 2.24) is 14.9 Å². The lowest BCUT2D eigenvalue weighted by Gasteiger charge is -2.28. The molecule has 2 aromatic heterocycles. The van der Waals surface area contributed by atoms with Gasteiger partial charge < -0.3 is 0 Å². The molecule has 3 nitrogen and oxygen atoms in total. The Morgan fingerprint density at radius 1 is 1.00 bits per heavy atom. The number of hydrogen-bond acceptors (Lipinski definition) is 3. The topological polar surface area (TPSA) is 29.0 Å². The second-order valence-electron chi connectivity index (χ2n) is 5.53. The molecule has 0 aliphatic heterocycles. The Morgan fingerprint density at radius 2 is 1.76 bits per heavy atom. The Kier molecular flexibility index (Phi) is 5.88. The van der Waals surface area contributed by atoms with E-state index in [1.165, 1.54) is 11.1 Å². The molecule has 0 aliphatic carbocycles. The molecule has 0 spiro atoms. The monoisotopic (exact) mass is 283 g/mol. The predicted octanol–water partition coefficient (Wildman–Crippen LogP) is 3.84. The molecular formula is C18H25N3. The van der Waals surface area contributed by atoms with Crippen LogP contribution in [0.15, 0.2) is 42.9 Å². The summed E-state index contributed by atoms with van der Waals surface area (Å²) in [5.74, 6) is 0. The fourth-order valence-electron chi connectivity index (χ4n) is 2.31. The molecule has 0 saturated heterocycles. The van der Waals surface area contributed by atoms with Gasteiger partial charge in [-0.25, -0.2) is 0 Å². The van der Waals surface area contributed by atoms with Crippen molar-refractivity contribution in [1.29, 1.82) is 0 Å². The minimum atomic E-state index is 0.533. The van der Waals surface area contributed by atoms with Crippen LogP contribution in [0.25, 0.3) is 0 Å². The van der Waals surface area contributed by atoms with Gasteiger partial charge in [-0.1, -0.05) is 19.9 Å². The maximum atomic E-state index is 4.59. The summed E-state index contributed by atoms with van der Waals surface area (Å²) in [7, 11) is 0. The number of pyridine rings is 2. The van der Waals surface area contributed by atoms with E-state index in [1.807, 2.05) is 18.6 Å². The fourth-order valence-corrected chi connectivity index (χ4v) is 2.31. The van der Waals surface area contributed by atoms with Crippen LogP contribution in [0.3, 0.4) is 0 Å². The Balaban J connectivity index is 2.08. The highest BCUT2D eigenvalue weighted by atomic mass is 15.2. The van der Waals surface area contributed by atoms with E-state index in [-0.39, 0.29) is 0 Å². The van der Waals surface area contributed by atoms with E-state index >= 15 is 0 Å². The molecule has 1 atom stereocenters. The minimum absolute atomic E-state index is 0.533. The lowest BCUT2D eigenvalue weighted by Crippen LogP contribution is -2.32. The van der Waals surface area contributed by atoms with Gasteiger partial charge in [-0.3, -0.25) is 14.9 Å². The first-order valence-electron chi connectivity index (χ1n) is 7.79. The molecule has 3 heteroatoms. The zero-order chi connectivity index (χ0) is 15.1. The molecule has 0 aromatic carbocycles. The molecule has 0 N–H and O–H groups in total. The number of nitrogens with zero attached hydrogens (tertiary/aromatic N) is 3. The highest BCUT2D eigenvalue weighted by Gasteiger charge is 2.14. The average Bonchev–Trinajstić information content (AvgIpc) is 2.55. The number of hydrogen-bond donors (Lipinski definition) is 0. The minimum Gasteiger partial charge on any atom is -0.291 e. The van der Waals surface area contributed by atoms with Gasteiger partial charge in [-0.2, -0.15) is 0 Å². The van der Waals surface area contributed by atoms with Gasteiger partial charge in [-0.15, -0.1) is 0 Å².